The van der Waals surface area contributed by atoms with E-state index in [0.29, 0.717) is 37.4 Å². The molecule has 26 heavy (non-hydrogen) atoms. The molecule has 1 aliphatic rings. The Kier molecular flexibility index (Phi) is 5.53. The van der Waals surface area contributed by atoms with E-state index in [4.69, 9.17) is 4.74 Å². The molecule has 0 atom stereocenters. The minimum atomic E-state index is -3.56. The molecule has 7 nitrogen and oxygen atoms in total. The minimum Gasteiger partial charge on any atom is -0.497 e. The highest BCUT2D eigenvalue weighted by molar-refractivity contribution is 7.89. The van der Waals surface area contributed by atoms with E-state index >= 15 is 0 Å². The molecule has 1 aromatic carbocycles. The van der Waals surface area contributed by atoms with Crippen molar-refractivity contribution in [3.63, 3.8) is 0 Å². The van der Waals surface area contributed by atoms with E-state index in [1.54, 1.807) is 37.4 Å². The summed E-state index contributed by atoms with van der Waals surface area (Å²) in [5, 5.41) is 2.87. The number of hydrogen-bond donors (Lipinski definition) is 1. The summed E-state index contributed by atoms with van der Waals surface area (Å²) in [6, 6.07) is 10.3. The zero-order chi connectivity index (χ0) is 18.6. The number of piperidine rings is 1. The lowest BCUT2D eigenvalue weighted by Crippen LogP contribution is -2.41. The number of sulfonamides is 1. The summed E-state index contributed by atoms with van der Waals surface area (Å²) >= 11 is 0. The molecular weight excluding hydrogens is 354 g/mol. The summed E-state index contributed by atoms with van der Waals surface area (Å²) < 4.78 is 31.8. The van der Waals surface area contributed by atoms with E-state index in [2.05, 4.69) is 10.3 Å². The van der Waals surface area contributed by atoms with Crippen molar-refractivity contribution in [2.45, 2.75) is 17.7 Å². The molecule has 138 valence electrons. The molecule has 1 saturated heterocycles. The largest absolute Gasteiger partial charge is 0.497 e. The molecular formula is C18H21N3O4S. The van der Waals surface area contributed by atoms with Gasteiger partial charge in [0.2, 0.25) is 15.9 Å². The van der Waals surface area contributed by atoms with Crippen LogP contribution in [0.4, 0.5) is 5.69 Å². The summed E-state index contributed by atoms with van der Waals surface area (Å²) in [7, 11) is -1.99. The quantitative estimate of drug-likeness (QED) is 0.865. The summed E-state index contributed by atoms with van der Waals surface area (Å²) in [4.78, 5) is 16.5. The van der Waals surface area contributed by atoms with E-state index in [1.165, 1.54) is 22.8 Å². The fraction of sp³-hybridized carbons (Fsp3) is 0.333. The second-order valence-electron chi connectivity index (χ2n) is 6.09. The molecule has 2 aromatic rings. The molecule has 0 bridgehead atoms. The van der Waals surface area contributed by atoms with Gasteiger partial charge in [-0.05, 0) is 37.1 Å². The van der Waals surface area contributed by atoms with Gasteiger partial charge < -0.3 is 10.1 Å². The van der Waals surface area contributed by atoms with Crippen LogP contribution in [0.5, 0.6) is 5.75 Å². The second-order valence-corrected chi connectivity index (χ2v) is 8.03. The second kappa shape index (κ2) is 7.84. The monoisotopic (exact) mass is 375 g/mol. The molecule has 2 heterocycles. The Morgan fingerprint density at radius 1 is 1.23 bits per heavy atom. The number of rotatable bonds is 5. The van der Waals surface area contributed by atoms with Crippen molar-refractivity contribution in [2.75, 3.05) is 25.5 Å². The topological polar surface area (TPSA) is 88.6 Å². The predicted molar refractivity (Wildman–Crippen MR) is 97.3 cm³/mol. The first kappa shape index (κ1) is 18.3. The van der Waals surface area contributed by atoms with Gasteiger partial charge in [0.15, 0.2) is 0 Å². The fourth-order valence-electron chi connectivity index (χ4n) is 2.95. The van der Waals surface area contributed by atoms with Gasteiger partial charge in [0, 0.05) is 43.2 Å². The number of pyridine rings is 1. The molecule has 1 amide bonds. The number of benzene rings is 1. The van der Waals surface area contributed by atoms with Crippen molar-refractivity contribution >= 4 is 21.6 Å². The number of methoxy groups -OCH3 is 1. The number of carbonyl (C=O) groups is 1. The minimum absolute atomic E-state index is 0.100. The molecule has 1 fully saturated rings. The van der Waals surface area contributed by atoms with Crippen molar-refractivity contribution in [2.24, 2.45) is 5.92 Å². The number of anilines is 1. The van der Waals surface area contributed by atoms with Crippen LogP contribution in [0, 0.1) is 5.92 Å². The van der Waals surface area contributed by atoms with Crippen LogP contribution in [-0.2, 0) is 14.8 Å². The van der Waals surface area contributed by atoms with Crippen LogP contribution >= 0.6 is 0 Å². The Morgan fingerprint density at radius 3 is 2.65 bits per heavy atom. The average molecular weight is 375 g/mol. The van der Waals surface area contributed by atoms with Gasteiger partial charge in [0.05, 0.1) is 7.11 Å². The van der Waals surface area contributed by atoms with Crippen molar-refractivity contribution in [3.8, 4) is 5.75 Å². The maximum Gasteiger partial charge on any atom is 0.244 e. The standard InChI is InChI=1S/C18H21N3O4S/c1-25-16-5-2-4-15(12-16)20-18(22)14-7-10-21(11-8-14)26(23,24)17-6-3-9-19-13-17/h2-6,9,12-14H,7-8,10-11H2,1H3,(H,20,22). The number of ether oxygens (including phenoxy) is 1. The maximum atomic E-state index is 12.6. The first-order valence-electron chi connectivity index (χ1n) is 8.36. The predicted octanol–water partition coefficient (Wildman–Crippen LogP) is 2.13. The van der Waals surface area contributed by atoms with Crippen molar-refractivity contribution in [3.05, 3.63) is 48.8 Å². The van der Waals surface area contributed by atoms with Crippen LogP contribution in [0.25, 0.3) is 0 Å². The van der Waals surface area contributed by atoms with E-state index < -0.39 is 10.0 Å². The first-order valence-corrected chi connectivity index (χ1v) is 9.80. The summed E-state index contributed by atoms with van der Waals surface area (Å²) in [6.45, 7) is 0.626. The van der Waals surface area contributed by atoms with E-state index in [0.717, 1.165) is 0 Å². The third-order valence-corrected chi connectivity index (χ3v) is 6.32. The Morgan fingerprint density at radius 2 is 2.00 bits per heavy atom. The highest BCUT2D eigenvalue weighted by atomic mass is 32.2. The molecule has 1 aliphatic heterocycles. The first-order chi connectivity index (χ1) is 12.5. The van der Waals surface area contributed by atoms with Gasteiger partial charge >= 0.3 is 0 Å². The zero-order valence-corrected chi connectivity index (χ0v) is 15.3. The molecule has 0 spiro atoms. The lowest BCUT2D eigenvalue weighted by molar-refractivity contribution is -0.120. The molecule has 0 aliphatic carbocycles. The third-order valence-electron chi connectivity index (χ3n) is 4.43. The van der Waals surface area contributed by atoms with Crippen molar-refractivity contribution in [1.29, 1.82) is 0 Å². The number of amides is 1. The zero-order valence-electron chi connectivity index (χ0n) is 14.5. The molecule has 8 heteroatoms. The molecule has 1 N–H and O–H groups in total. The van der Waals surface area contributed by atoms with Crippen LogP contribution in [0.15, 0.2) is 53.7 Å². The number of nitrogens with zero attached hydrogens (tertiary/aromatic N) is 2. The summed E-state index contributed by atoms with van der Waals surface area (Å²) in [5.41, 5.74) is 0.666. The smallest absolute Gasteiger partial charge is 0.244 e. The fourth-order valence-corrected chi connectivity index (χ4v) is 4.39. The highest BCUT2D eigenvalue weighted by Gasteiger charge is 2.32. The van der Waals surface area contributed by atoms with Gasteiger partial charge in [-0.2, -0.15) is 4.31 Å². The van der Waals surface area contributed by atoms with Gasteiger partial charge in [0.25, 0.3) is 0 Å². The van der Waals surface area contributed by atoms with Gasteiger partial charge in [-0.3, -0.25) is 9.78 Å². The van der Waals surface area contributed by atoms with E-state index in [1.807, 2.05) is 0 Å². The van der Waals surface area contributed by atoms with Crippen LogP contribution in [-0.4, -0.2) is 43.8 Å². The Labute approximate surface area is 153 Å². The van der Waals surface area contributed by atoms with Crippen molar-refractivity contribution in [1.82, 2.24) is 9.29 Å². The van der Waals surface area contributed by atoms with Gasteiger partial charge in [0.1, 0.15) is 10.6 Å². The molecule has 1 aromatic heterocycles. The van der Waals surface area contributed by atoms with Crippen LogP contribution in [0.2, 0.25) is 0 Å². The number of carbonyl (C=O) groups excluding carboxylic acids is 1. The summed E-state index contributed by atoms with van der Waals surface area (Å²) in [6.07, 6.45) is 3.84. The number of hydrogen-bond acceptors (Lipinski definition) is 5. The van der Waals surface area contributed by atoms with Crippen molar-refractivity contribution < 1.29 is 17.9 Å². The normalized spacial score (nSPS) is 16.2. The Balaban J connectivity index is 1.60. The Hall–Kier alpha value is -2.45. The third kappa shape index (κ3) is 4.03. The molecule has 0 radical (unpaired) electrons. The van der Waals surface area contributed by atoms with Crippen LogP contribution in [0.1, 0.15) is 12.8 Å². The Bertz CT molecular complexity index is 863. The van der Waals surface area contributed by atoms with Crippen LogP contribution < -0.4 is 10.1 Å². The average Bonchev–Trinajstić information content (AvgIpc) is 2.69. The van der Waals surface area contributed by atoms with Gasteiger partial charge in [-0.15, -0.1) is 0 Å². The van der Waals surface area contributed by atoms with E-state index in [-0.39, 0.29) is 16.7 Å². The molecule has 0 unspecified atom stereocenters. The molecule has 0 saturated carbocycles. The lowest BCUT2D eigenvalue weighted by atomic mass is 9.97. The number of aromatic nitrogens is 1. The van der Waals surface area contributed by atoms with Gasteiger partial charge in [-0.1, -0.05) is 6.07 Å². The summed E-state index contributed by atoms with van der Waals surface area (Å²) in [5.74, 6) is 0.346. The lowest BCUT2D eigenvalue weighted by Gasteiger charge is -2.30. The molecule has 3 rings (SSSR count). The van der Waals surface area contributed by atoms with Gasteiger partial charge in [-0.25, -0.2) is 8.42 Å². The number of nitrogens with one attached hydrogen (secondary N) is 1. The van der Waals surface area contributed by atoms with E-state index in [9.17, 15) is 13.2 Å². The highest BCUT2D eigenvalue weighted by Crippen LogP contribution is 2.25. The maximum absolute atomic E-state index is 12.6. The SMILES string of the molecule is COc1cccc(NC(=O)C2CCN(S(=O)(=O)c3cccnc3)CC2)c1. The van der Waals surface area contributed by atoms with Crippen LogP contribution in [0.3, 0.4) is 0 Å².